The van der Waals surface area contributed by atoms with Gasteiger partial charge in [-0.05, 0) is 19.8 Å². The van der Waals surface area contributed by atoms with Crippen molar-refractivity contribution < 1.29 is 14.2 Å². The fourth-order valence-corrected chi connectivity index (χ4v) is 1.88. The standard InChI is InChI=1S/C11H16FN3O2/c1-8-9(12)10(14-7-13-8)15-11(6-16)2-4-17-5-3-11/h7,16H,2-6H2,1H3,(H,13,14,15). The summed E-state index contributed by atoms with van der Waals surface area (Å²) in [6.45, 7) is 2.62. The smallest absolute Gasteiger partial charge is 0.186 e. The van der Waals surface area contributed by atoms with Crippen LogP contribution in [0.3, 0.4) is 0 Å². The fourth-order valence-electron chi connectivity index (χ4n) is 1.88. The van der Waals surface area contributed by atoms with E-state index in [0.29, 0.717) is 31.7 Å². The summed E-state index contributed by atoms with van der Waals surface area (Å²) in [5.74, 6) is -0.319. The molecular formula is C11H16FN3O2. The van der Waals surface area contributed by atoms with Gasteiger partial charge in [0.15, 0.2) is 11.6 Å². The molecule has 0 spiro atoms. The number of aryl methyl sites for hydroxylation is 1. The molecule has 1 aliphatic heterocycles. The Labute approximate surface area is 99.0 Å². The summed E-state index contributed by atoms with van der Waals surface area (Å²) in [5.41, 5.74) is -0.248. The van der Waals surface area contributed by atoms with Crippen molar-refractivity contribution in [2.45, 2.75) is 25.3 Å². The number of anilines is 1. The van der Waals surface area contributed by atoms with Crippen molar-refractivity contribution in [3.8, 4) is 0 Å². The molecule has 2 heterocycles. The highest BCUT2D eigenvalue weighted by molar-refractivity contribution is 5.40. The molecule has 1 fully saturated rings. The molecule has 0 unspecified atom stereocenters. The molecule has 0 aliphatic carbocycles. The lowest BCUT2D eigenvalue weighted by Crippen LogP contribution is -2.47. The quantitative estimate of drug-likeness (QED) is 0.822. The van der Waals surface area contributed by atoms with Crippen LogP contribution in [-0.2, 0) is 4.74 Å². The molecule has 2 N–H and O–H groups in total. The van der Waals surface area contributed by atoms with Crippen LogP contribution in [0.5, 0.6) is 0 Å². The van der Waals surface area contributed by atoms with Gasteiger partial charge in [0.05, 0.1) is 17.8 Å². The van der Waals surface area contributed by atoms with Gasteiger partial charge < -0.3 is 15.2 Å². The molecule has 1 aromatic heterocycles. The Kier molecular flexibility index (Phi) is 3.54. The van der Waals surface area contributed by atoms with Crippen LogP contribution in [0.15, 0.2) is 6.33 Å². The first kappa shape index (κ1) is 12.2. The zero-order valence-corrected chi connectivity index (χ0v) is 9.74. The van der Waals surface area contributed by atoms with Crippen molar-refractivity contribution in [3.63, 3.8) is 0 Å². The predicted molar refractivity (Wildman–Crippen MR) is 60.2 cm³/mol. The Hall–Kier alpha value is -1.27. The number of halogens is 1. The zero-order chi connectivity index (χ0) is 12.3. The van der Waals surface area contributed by atoms with Crippen LogP contribution in [0.4, 0.5) is 10.2 Å². The predicted octanol–water partition coefficient (Wildman–Crippen LogP) is 0.878. The second-order valence-corrected chi connectivity index (χ2v) is 4.30. The molecule has 0 bridgehead atoms. The van der Waals surface area contributed by atoms with E-state index >= 15 is 0 Å². The van der Waals surface area contributed by atoms with Gasteiger partial charge in [-0.25, -0.2) is 14.4 Å². The van der Waals surface area contributed by atoms with Gasteiger partial charge in [0.2, 0.25) is 0 Å². The highest BCUT2D eigenvalue weighted by Crippen LogP contribution is 2.26. The number of aliphatic hydroxyl groups excluding tert-OH is 1. The largest absolute Gasteiger partial charge is 0.394 e. The van der Waals surface area contributed by atoms with Crippen LogP contribution in [-0.4, -0.2) is 40.4 Å². The van der Waals surface area contributed by atoms with Crippen LogP contribution >= 0.6 is 0 Å². The van der Waals surface area contributed by atoms with Crippen molar-refractivity contribution >= 4 is 5.82 Å². The number of aliphatic hydroxyl groups is 1. The lowest BCUT2D eigenvalue weighted by Gasteiger charge is -2.36. The molecule has 1 saturated heterocycles. The van der Waals surface area contributed by atoms with Gasteiger partial charge in [-0.1, -0.05) is 0 Å². The second kappa shape index (κ2) is 4.93. The summed E-state index contributed by atoms with van der Waals surface area (Å²) in [5, 5.41) is 12.5. The Morgan fingerprint density at radius 1 is 1.47 bits per heavy atom. The molecule has 94 valence electrons. The van der Waals surface area contributed by atoms with Crippen LogP contribution < -0.4 is 5.32 Å². The Balaban J connectivity index is 2.20. The maximum atomic E-state index is 13.8. The third kappa shape index (κ3) is 2.53. The molecule has 5 nitrogen and oxygen atoms in total. The van der Waals surface area contributed by atoms with Gasteiger partial charge in [-0.2, -0.15) is 0 Å². The Bertz CT molecular complexity index is 394. The van der Waals surface area contributed by atoms with Crippen molar-refractivity contribution in [1.29, 1.82) is 0 Å². The minimum absolute atomic E-state index is 0.0706. The van der Waals surface area contributed by atoms with Gasteiger partial charge in [-0.3, -0.25) is 0 Å². The minimum Gasteiger partial charge on any atom is -0.394 e. The number of rotatable bonds is 3. The number of nitrogens with one attached hydrogen (secondary N) is 1. The Morgan fingerprint density at radius 2 is 2.18 bits per heavy atom. The highest BCUT2D eigenvalue weighted by atomic mass is 19.1. The number of ether oxygens (including phenoxy) is 1. The van der Waals surface area contributed by atoms with Crippen LogP contribution in [0.25, 0.3) is 0 Å². The molecule has 1 aromatic rings. The first-order chi connectivity index (χ1) is 8.17. The van der Waals surface area contributed by atoms with Crippen LogP contribution in [0.2, 0.25) is 0 Å². The van der Waals surface area contributed by atoms with Crippen LogP contribution in [0, 0.1) is 12.7 Å². The van der Waals surface area contributed by atoms with Crippen molar-refractivity contribution in [1.82, 2.24) is 9.97 Å². The van der Waals surface area contributed by atoms with Gasteiger partial charge in [0, 0.05) is 13.2 Å². The second-order valence-electron chi connectivity index (χ2n) is 4.30. The molecule has 2 rings (SSSR count). The lowest BCUT2D eigenvalue weighted by atomic mass is 9.91. The van der Waals surface area contributed by atoms with E-state index in [4.69, 9.17) is 4.74 Å². The van der Waals surface area contributed by atoms with Gasteiger partial charge in [0.25, 0.3) is 0 Å². The summed E-state index contributed by atoms with van der Waals surface area (Å²) in [6, 6.07) is 0. The van der Waals surface area contributed by atoms with Gasteiger partial charge >= 0.3 is 0 Å². The third-order valence-electron chi connectivity index (χ3n) is 3.10. The topological polar surface area (TPSA) is 67.3 Å². The van der Waals surface area contributed by atoms with Crippen molar-refractivity contribution in [2.24, 2.45) is 0 Å². The maximum Gasteiger partial charge on any atom is 0.186 e. The summed E-state index contributed by atoms with van der Waals surface area (Å²) < 4.78 is 19.0. The minimum atomic E-state index is -0.542. The van der Waals surface area contributed by atoms with E-state index in [1.807, 2.05) is 0 Å². The van der Waals surface area contributed by atoms with Crippen molar-refractivity contribution in [3.05, 3.63) is 17.8 Å². The lowest BCUT2D eigenvalue weighted by molar-refractivity contribution is 0.0377. The molecule has 6 heteroatoms. The third-order valence-corrected chi connectivity index (χ3v) is 3.10. The molecule has 0 saturated carbocycles. The van der Waals surface area contributed by atoms with Crippen molar-refractivity contribution in [2.75, 3.05) is 25.1 Å². The summed E-state index contributed by atoms with van der Waals surface area (Å²) in [6.07, 6.45) is 2.57. The molecule has 0 atom stereocenters. The molecule has 0 radical (unpaired) electrons. The first-order valence-electron chi connectivity index (χ1n) is 5.61. The van der Waals surface area contributed by atoms with E-state index in [1.54, 1.807) is 6.92 Å². The van der Waals surface area contributed by atoms with E-state index in [9.17, 15) is 9.50 Å². The summed E-state index contributed by atoms with van der Waals surface area (Å²) in [7, 11) is 0. The first-order valence-corrected chi connectivity index (χ1v) is 5.61. The number of hydrogen-bond donors (Lipinski definition) is 2. The molecular weight excluding hydrogens is 225 g/mol. The summed E-state index contributed by atoms with van der Waals surface area (Å²) in [4.78, 5) is 7.64. The Morgan fingerprint density at radius 3 is 2.82 bits per heavy atom. The molecule has 0 aromatic carbocycles. The van der Waals surface area contributed by atoms with Gasteiger partial charge in [0.1, 0.15) is 6.33 Å². The van der Waals surface area contributed by atoms with E-state index < -0.39 is 11.4 Å². The monoisotopic (exact) mass is 241 g/mol. The number of hydrogen-bond acceptors (Lipinski definition) is 5. The maximum absolute atomic E-state index is 13.8. The number of aromatic nitrogens is 2. The SMILES string of the molecule is Cc1ncnc(NC2(CO)CCOCC2)c1F. The van der Waals surface area contributed by atoms with E-state index in [2.05, 4.69) is 15.3 Å². The van der Waals surface area contributed by atoms with Gasteiger partial charge in [-0.15, -0.1) is 0 Å². The zero-order valence-electron chi connectivity index (χ0n) is 9.74. The average Bonchev–Trinajstić information content (AvgIpc) is 2.36. The normalized spacial score (nSPS) is 19.0. The summed E-state index contributed by atoms with van der Waals surface area (Å²) >= 11 is 0. The fraction of sp³-hybridized carbons (Fsp3) is 0.636. The number of nitrogens with zero attached hydrogens (tertiary/aromatic N) is 2. The highest BCUT2D eigenvalue weighted by Gasteiger charge is 2.33. The molecule has 1 aliphatic rings. The average molecular weight is 241 g/mol. The van der Waals surface area contributed by atoms with E-state index in [0.717, 1.165) is 0 Å². The van der Waals surface area contributed by atoms with E-state index in [-0.39, 0.29) is 12.4 Å². The molecule has 17 heavy (non-hydrogen) atoms. The van der Waals surface area contributed by atoms with Crippen LogP contribution in [0.1, 0.15) is 18.5 Å². The van der Waals surface area contributed by atoms with E-state index in [1.165, 1.54) is 6.33 Å². The molecule has 0 amide bonds.